The van der Waals surface area contributed by atoms with Gasteiger partial charge in [0.05, 0.1) is 5.56 Å². The molecule has 0 unspecified atom stereocenters. The van der Waals surface area contributed by atoms with Gasteiger partial charge in [-0.05, 0) is 38.5 Å². The number of carbonyl (C=O) groups excluding carboxylic acids is 1. The van der Waals surface area contributed by atoms with Crippen LogP contribution in [0.15, 0.2) is 36.4 Å². The van der Waals surface area contributed by atoms with Crippen LogP contribution in [0.4, 0.5) is 0 Å². The monoisotopic (exact) mass is 286 g/mol. The number of rotatable bonds is 6. The summed E-state index contributed by atoms with van der Waals surface area (Å²) in [5.74, 6) is -0.0265. The summed E-state index contributed by atoms with van der Waals surface area (Å²) in [6, 6.07) is 12.0. The van der Waals surface area contributed by atoms with Crippen LogP contribution >= 0.6 is 0 Å². The van der Waals surface area contributed by atoms with E-state index in [2.05, 4.69) is 9.88 Å². The maximum atomic E-state index is 12.3. The minimum absolute atomic E-state index is 0.0265. The van der Waals surface area contributed by atoms with Crippen molar-refractivity contribution in [3.8, 4) is 5.69 Å². The fraction of sp³-hybridized carbons (Fsp3) is 0.353. The number of benzene rings is 1. The number of para-hydroxylation sites is 1. The van der Waals surface area contributed by atoms with E-state index in [4.69, 9.17) is 4.74 Å². The molecule has 21 heavy (non-hydrogen) atoms. The predicted octanol–water partition coefficient (Wildman–Crippen LogP) is 2.86. The Hall–Kier alpha value is -2.07. The topological polar surface area (TPSA) is 43.3 Å². The molecule has 4 nitrogen and oxygen atoms in total. The van der Waals surface area contributed by atoms with Crippen LogP contribution in [0.5, 0.6) is 0 Å². The lowest BCUT2D eigenvalue weighted by Gasteiger charge is -2.10. The van der Waals surface area contributed by atoms with Gasteiger partial charge in [0, 0.05) is 37.3 Å². The van der Waals surface area contributed by atoms with Crippen LogP contribution < -0.4 is 5.32 Å². The van der Waals surface area contributed by atoms with Gasteiger partial charge in [-0.25, -0.2) is 0 Å². The number of carbonyl (C=O) groups is 1. The van der Waals surface area contributed by atoms with Crippen LogP contribution in [0.3, 0.4) is 0 Å². The normalized spacial score (nSPS) is 10.6. The lowest BCUT2D eigenvalue weighted by Crippen LogP contribution is -2.25. The van der Waals surface area contributed by atoms with E-state index in [1.165, 1.54) is 0 Å². The number of nitrogens with one attached hydrogen (secondary N) is 1. The van der Waals surface area contributed by atoms with Crippen LogP contribution in [0.2, 0.25) is 0 Å². The van der Waals surface area contributed by atoms with Crippen LogP contribution in [-0.2, 0) is 4.74 Å². The van der Waals surface area contributed by atoms with Gasteiger partial charge >= 0.3 is 0 Å². The van der Waals surface area contributed by atoms with E-state index in [-0.39, 0.29) is 5.91 Å². The number of hydrogen-bond acceptors (Lipinski definition) is 2. The minimum Gasteiger partial charge on any atom is -0.385 e. The highest BCUT2D eigenvalue weighted by atomic mass is 16.5. The van der Waals surface area contributed by atoms with Crippen LogP contribution in [0.1, 0.15) is 28.2 Å². The van der Waals surface area contributed by atoms with Gasteiger partial charge in [0.25, 0.3) is 5.91 Å². The molecular weight excluding hydrogens is 264 g/mol. The number of methoxy groups -OCH3 is 1. The van der Waals surface area contributed by atoms with Crippen molar-refractivity contribution < 1.29 is 9.53 Å². The van der Waals surface area contributed by atoms with Gasteiger partial charge in [-0.3, -0.25) is 4.79 Å². The van der Waals surface area contributed by atoms with Crippen LogP contribution in [0, 0.1) is 13.8 Å². The van der Waals surface area contributed by atoms with Crippen molar-refractivity contribution in [3.05, 3.63) is 53.3 Å². The molecule has 0 fully saturated rings. The van der Waals surface area contributed by atoms with E-state index < -0.39 is 0 Å². The summed E-state index contributed by atoms with van der Waals surface area (Å²) in [6.07, 6.45) is 0.819. The third-order valence-electron chi connectivity index (χ3n) is 3.50. The second kappa shape index (κ2) is 7.09. The molecule has 1 N–H and O–H groups in total. The molecule has 0 radical (unpaired) electrons. The Labute approximate surface area is 125 Å². The number of aromatic nitrogens is 1. The number of nitrogens with zero attached hydrogens (tertiary/aromatic N) is 1. The molecular formula is C17H22N2O2. The highest BCUT2D eigenvalue weighted by Crippen LogP contribution is 2.20. The largest absolute Gasteiger partial charge is 0.385 e. The predicted molar refractivity (Wildman–Crippen MR) is 84.1 cm³/mol. The number of ether oxygens (including phenoxy) is 1. The molecule has 0 spiro atoms. The number of amides is 1. The van der Waals surface area contributed by atoms with E-state index >= 15 is 0 Å². The smallest absolute Gasteiger partial charge is 0.253 e. The molecule has 0 saturated carbocycles. The number of hydrogen-bond donors (Lipinski definition) is 1. The third-order valence-corrected chi connectivity index (χ3v) is 3.50. The zero-order valence-electron chi connectivity index (χ0n) is 12.8. The molecule has 0 aliphatic carbocycles. The van der Waals surface area contributed by atoms with E-state index in [1.54, 1.807) is 7.11 Å². The van der Waals surface area contributed by atoms with Crippen molar-refractivity contribution in [2.75, 3.05) is 20.3 Å². The van der Waals surface area contributed by atoms with Gasteiger partial charge < -0.3 is 14.6 Å². The maximum Gasteiger partial charge on any atom is 0.253 e. The second-order valence-corrected chi connectivity index (χ2v) is 5.06. The van der Waals surface area contributed by atoms with Crippen molar-refractivity contribution in [3.63, 3.8) is 0 Å². The van der Waals surface area contributed by atoms with E-state index in [0.29, 0.717) is 13.2 Å². The zero-order valence-corrected chi connectivity index (χ0v) is 12.8. The first-order chi connectivity index (χ1) is 10.1. The van der Waals surface area contributed by atoms with Gasteiger partial charge in [-0.15, -0.1) is 0 Å². The molecule has 4 heteroatoms. The molecule has 0 saturated heterocycles. The molecule has 112 valence electrons. The van der Waals surface area contributed by atoms with Gasteiger partial charge in [-0.2, -0.15) is 0 Å². The lowest BCUT2D eigenvalue weighted by molar-refractivity contribution is 0.0948. The molecule has 1 aromatic heterocycles. The molecule has 0 aliphatic heterocycles. The number of aryl methyl sites for hydroxylation is 1. The first-order valence-electron chi connectivity index (χ1n) is 7.16. The summed E-state index contributed by atoms with van der Waals surface area (Å²) in [4.78, 5) is 12.3. The molecule has 2 rings (SSSR count). The van der Waals surface area contributed by atoms with Gasteiger partial charge in [0.1, 0.15) is 0 Å². The third kappa shape index (κ3) is 3.52. The quantitative estimate of drug-likeness (QED) is 0.830. The average Bonchev–Trinajstić information content (AvgIpc) is 2.79. The van der Waals surface area contributed by atoms with Crippen molar-refractivity contribution in [2.45, 2.75) is 20.3 Å². The van der Waals surface area contributed by atoms with Crippen LogP contribution in [0.25, 0.3) is 5.69 Å². The standard InChI is InChI=1S/C17H22N2O2/c1-13-12-16(17(20)18-10-7-11-21-3)14(2)19(13)15-8-5-4-6-9-15/h4-6,8-9,12H,7,10-11H2,1-3H3,(H,18,20). The Bertz CT molecular complexity index is 603. The van der Waals surface area contributed by atoms with E-state index in [9.17, 15) is 4.79 Å². The summed E-state index contributed by atoms with van der Waals surface area (Å²) in [5.41, 5.74) is 3.82. The van der Waals surface area contributed by atoms with Crippen molar-refractivity contribution in [1.82, 2.24) is 9.88 Å². The molecule has 0 bridgehead atoms. The fourth-order valence-corrected chi connectivity index (χ4v) is 2.48. The summed E-state index contributed by atoms with van der Waals surface area (Å²) >= 11 is 0. The van der Waals surface area contributed by atoms with E-state index in [0.717, 1.165) is 29.1 Å². The van der Waals surface area contributed by atoms with Gasteiger partial charge in [-0.1, -0.05) is 18.2 Å². The summed E-state index contributed by atoms with van der Waals surface area (Å²) in [6.45, 7) is 5.27. The maximum absolute atomic E-state index is 12.3. The van der Waals surface area contributed by atoms with E-state index in [1.807, 2.05) is 50.2 Å². The summed E-state index contributed by atoms with van der Waals surface area (Å²) < 4.78 is 7.08. The highest BCUT2D eigenvalue weighted by Gasteiger charge is 2.15. The highest BCUT2D eigenvalue weighted by molar-refractivity contribution is 5.95. The Kier molecular flexibility index (Phi) is 5.17. The summed E-state index contributed by atoms with van der Waals surface area (Å²) in [5, 5.41) is 2.93. The molecule has 2 aromatic rings. The molecule has 0 atom stereocenters. The van der Waals surface area contributed by atoms with Crippen molar-refractivity contribution in [1.29, 1.82) is 0 Å². The fourth-order valence-electron chi connectivity index (χ4n) is 2.48. The van der Waals surface area contributed by atoms with Crippen molar-refractivity contribution in [2.24, 2.45) is 0 Å². The zero-order chi connectivity index (χ0) is 15.2. The lowest BCUT2D eigenvalue weighted by atomic mass is 10.2. The average molecular weight is 286 g/mol. The Morgan fingerprint density at radius 1 is 1.24 bits per heavy atom. The van der Waals surface area contributed by atoms with Gasteiger partial charge in [0.15, 0.2) is 0 Å². The SMILES string of the molecule is COCCCNC(=O)c1cc(C)n(-c2ccccc2)c1C. The first kappa shape index (κ1) is 15.3. The molecule has 1 amide bonds. The minimum atomic E-state index is -0.0265. The molecule has 1 aromatic carbocycles. The molecule has 1 heterocycles. The second-order valence-electron chi connectivity index (χ2n) is 5.06. The summed E-state index contributed by atoms with van der Waals surface area (Å²) in [7, 11) is 1.66. The first-order valence-corrected chi connectivity index (χ1v) is 7.16. The molecule has 0 aliphatic rings. The van der Waals surface area contributed by atoms with Crippen molar-refractivity contribution >= 4 is 5.91 Å². The van der Waals surface area contributed by atoms with Crippen LogP contribution in [-0.4, -0.2) is 30.7 Å². The van der Waals surface area contributed by atoms with Gasteiger partial charge in [0.2, 0.25) is 0 Å². The Morgan fingerprint density at radius 2 is 1.95 bits per heavy atom. The Morgan fingerprint density at radius 3 is 2.62 bits per heavy atom. The Balaban J connectivity index is 2.17.